The molecule has 6 rings (SSSR count). The average Bonchev–Trinajstić information content (AvgIpc) is 3.31. The van der Waals surface area contributed by atoms with Crippen molar-refractivity contribution in [3.63, 3.8) is 0 Å². The van der Waals surface area contributed by atoms with Crippen molar-refractivity contribution in [3.8, 4) is 11.3 Å². The Kier molecular flexibility index (Phi) is 4.45. The first kappa shape index (κ1) is 20.2. The van der Waals surface area contributed by atoms with Crippen LogP contribution >= 0.6 is 0 Å². The highest BCUT2D eigenvalue weighted by molar-refractivity contribution is 6.13. The Bertz CT molecular complexity index is 1620. The lowest BCUT2D eigenvalue weighted by atomic mass is 9.94. The second-order valence-electron chi connectivity index (χ2n) is 10.0. The number of pyridine rings is 1. The molecule has 0 N–H and O–H groups in total. The molecule has 2 aromatic heterocycles. The van der Waals surface area contributed by atoms with Gasteiger partial charge in [0.1, 0.15) is 18.4 Å². The summed E-state index contributed by atoms with van der Waals surface area (Å²) in [4.78, 5) is 5.21. The molecule has 3 heterocycles. The summed E-state index contributed by atoms with van der Waals surface area (Å²) >= 11 is 0. The van der Waals surface area contributed by atoms with Crippen LogP contribution in [0.5, 0.6) is 0 Å². The van der Waals surface area contributed by atoms with E-state index in [1.807, 2.05) is 0 Å². The monoisotopic (exact) mass is 432 g/mol. The number of imidazole rings is 1. The van der Waals surface area contributed by atoms with Gasteiger partial charge in [-0.3, -0.25) is 0 Å². The molecule has 0 fully saturated rings. The second kappa shape index (κ2) is 7.28. The number of aromatic nitrogens is 3. The summed E-state index contributed by atoms with van der Waals surface area (Å²) in [6, 6.07) is 20.1. The average molecular weight is 433 g/mol. The Hall–Kier alpha value is -3.46. The molecule has 5 aromatic rings. The largest absolute Gasteiger partial charge is 0.302 e. The number of nitrogens with zero attached hydrogens (tertiary/aromatic N) is 3. The van der Waals surface area contributed by atoms with Gasteiger partial charge < -0.3 is 4.57 Å². The van der Waals surface area contributed by atoms with Gasteiger partial charge in [0.15, 0.2) is 0 Å². The van der Waals surface area contributed by atoms with Crippen LogP contribution in [0.2, 0.25) is 0 Å². The van der Waals surface area contributed by atoms with E-state index < -0.39 is 0 Å². The molecule has 3 heteroatoms. The van der Waals surface area contributed by atoms with Crippen molar-refractivity contribution < 1.29 is 4.57 Å². The van der Waals surface area contributed by atoms with E-state index in [0.29, 0.717) is 5.92 Å². The lowest BCUT2D eigenvalue weighted by Gasteiger charge is -2.13. The van der Waals surface area contributed by atoms with Crippen LogP contribution in [0.15, 0.2) is 60.2 Å². The molecule has 0 aliphatic carbocycles. The Labute approximate surface area is 195 Å². The van der Waals surface area contributed by atoms with Crippen molar-refractivity contribution >= 4 is 38.9 Å². The first-order chi connectivity index (χ1) is 15.9. The maximum absolute atomic E-state index is 5.21. The summed E-state index contributed by atoms with van der Waals surface area (Å²) in [5.41, 5.74) is 10.2. The smallest absolute Gasteiger partial charge is 0.215 e. The van der Waals surface area contributed by atoms with Crippen LogP contribution in [0.25, 0.3) is 50.2 Å². The number of allylic oxidation sites excluding steroid dienone is 1. The van der Waals surface area contributed by atoms with Crippen LogP contribution in [0.1, 0.15) is 37.7 Å². The highest BCUT2D eigenvalue weighted by atomic mass is 15.1. The van der Waals surface area contributed by atoms with Gasteiger partial charge in [-0.1, -0.05) is 50.2 Å². The summed E-state index contributed by atoms with van der Waals surface area (Å²) in [6.07, 6.45) is 4.27. The van der Waals surface area contributed by atoms with Gasteiger partial charge in [-0.15, -0.1) is 0 Å². The fraction of sp³-hybridized carbons (Fsp3) is 0.267. The molecular weight excluding hydrogens is 402 g/mol. The van der Waals surface area contributed by atoms with Crippen molar-refractivity contribution in [2.24, 2.45) is 13.0 Å². The van der Waals surface area contributed by atoms with Crippen molar-refractivity contribution in [2.45, 2.75) is 40.5 Å². The number of aryl methyl sites for hydroxylation is 2. The molecule has 33 heavy (non-hydrogen) atoms. The van der Waals surface area contributed by atoms with E-state index in [4.69, 9.17) is 4.98 Å². The Morgan fingerprint density at radius 2 is 1.73 bits per heavy atom. The van der Waals surface area contributed by atoms with Gasteiger partial charge >= 0.3 is 0 Å². The summed E-state index contributed by atoms with van der Waals surface area (Å²) in [5.74, 6) is 1.77. The number of rotatable bonds is 3. The number of hydrogen-bond donors (Lipinski definition) is 0. The minimum atomic E-state index is 0.632. The van der Waals surface area contributed by atoms with Crippen molar-refractivity contribution in [3.05, 3.63) is 77.1 Å². The van der Waals surface area contributed by atoms with Crippen LogP contribution in [0.3, 0.4) is 0 Å². The summed E-state index contributed by atoms with van der Waals surface area (Å²) < 4.78 is 4.68. The van der Waals surface area contributed by atoms with E-state index in [1.54, 1.807) is 0 Å². The van der Waals surface area contributed by atoms with Crippen molar-refractivity contribution in [2.75, 3.05) is 0 Å². The molecule has 164 valence electrons. The van der Waals surface area contributed by atoms with E-state index in [0.717, 1.165) is 24.2 Å². The normalized spacial score (nSPS) is 13.5. The summed E-state index contributed by atoms with van der Waals surface area (Å²) in [5, 5.41) is 3.92. The zero-order valence-corrected chi connectivity index (χ0v) is 20.1. The zero-order chi connectivity index (χ0) is 22.9. The Morgan fingerprint density at radius 1 is 0.939 bits per heavy atom. The molecule has 0 unspecified atom stereocenters. The Balaban J connectivity index is 1.71. The van der Waals surface area contributed by atoms with Gasteiger partial charge in [-0.2, -0.15) is 4.57 Å². The quantitative estimate of drug-likeness (QED) is 0.289. The number of fused-ring (bicyclic) bond motifs is 6. The Morgan fingerprint density at radius 3 is 2.52 bits per heavy atom. The molecule has 0 saturated heterocycles. The van der Waals surface area contributed by atoms with Crippen LogP contribution in [-0.2, 0) is 19.9 Å². The first-order valence-corrected chi connectivity index (χ1v) is 11.9. The van der Waals surface area contributed by atoms with E-state index >= 15 is 0 Å². The topological polar surface area (TPSA) is 21.7 Å². The van der Waals surface area contributed by atoms with Gasteiger partial charge in [0.25, 0.3) is 0 Å². The fourth-order valence-corrected chi connectivity index (χ4v) is 5.69. The molecular formula is C30H30N3+. The zero-order valence-electron chi connectivity index (χ0n) is 20.1. The van der Waals surface area contributed by atoms with Crippen LogP contribution in [-0.4, -0.2) is 9.55 Å². The molecule has 3 aromatic carbocycles. The maximum atomic E-state index is 5.21. The fourth-order valence-electron chi connectivity index (χ4n) is 5.69. The molecule has 0 atom stereocenters. The molecule has 0 saturated carbocycles. The molecule has 0 amide bonds. The van der Waals surface area contributed by atoms with Crippen LogP contribution in [0, 0.1) is 12.8 Å². The van der Waals surface area contributed by atoms with Gasteiger partial charge in [0.05, 0.1) is 11.1 Å². The van der Waals surface area contributed by atoms with Gasteiger partial charge in [-0.05, 0) is 54.3 Å². The minimum Gasteiger partial charge on any atom is -0.302 e. The third-order valence-corrected chi connectivity index (χ3v) is 7.16. The van der Waals surface area contributed by atoms with E-state index in [1.165, 1.54) is 55.1 Å². The van der Waals surface area contributed by atoms with Crippen LogP contribution < -0.4 is 4.57 Å². The van der Waals surface area contributed by atoms with Gasteiger partial charge in [0, 0.05) is 35.5 Å². The third-order valence-electron chi connectivity index (χ3n) is 7.16. The lowest BCUT2D eigenvalue weighted by Crippen LogP contribution is -2.32. The standard InChI is InChI=1S/C30H30N3/c1-18(2)15-21-9-8-12-25-23(21)13-14-26(32(25)5)28-20(4)22-10-6-7-11-24(22)30-29(28)31-27-16-19(3)17-33(27)30/h6-14,17-18H,15-16H2,1-5H3/q+1. The number of hydrogen-bond acceptors (Lipinski definition) is 1. The molecule has 3 nitrogen and oxygen atoms in total. The van der Waals surface area contributed by atoms with Crippen molar-refractivity contribution in [1.82, 2.24) is 9.55 Å². The van der Waals surface area contributed by atoms with Gasteiger partial charge in [-0.25, -0.2) is 4.98 Å². The second-order valence-corrected chi connectivity index (χ2v) is 10.0. The number of benzene rings is 3. The highest BCUT2D eigenvalue weighted by Crippen LogP contribution is 2.40. The summed E-state index contributed by atoms with van der Waals surface area (Å²) in [7, 11) is 2.20. The van der Waals surface area contributed by atoms with Crippen molar-refractivity contribution in [1.29, 1.82) is 0 Å². The molecule has 0 spiro atoms. The minimum absolute atomic E-state index is 0.632. The predicted molar refractivity (Wildman–Crippen MR) is 138 cm³/mol. The van der Waals surface area contributed by atoms with Crippen LogP contribution in [0.4, 0.5) is 0 Å². The molecule has 1 aliphatic heterocycles. The van der Waals surface area contributed by atoms with E-state index in [9.17, 15) is 0 Å². The third kappa shape index (κ3) is 2.95. The SMILES string of the molecule is CC1=Cn2c(nc3c(-c4ccc5c(CC(C)C)cccc5[n+]4C)c(C)c4ccccc4c32)C1. The molecule has 0 radical (unpaired) electrons. The van der Waals surface area contributed by atoms with E-state index in [2.05, 4.69) is 105 Å². The van der Waals surface area contributed by atoms with E-state index in [-0.39, 0.29) is 0 Å². The summed E-state index contributed by atoms with van der Waals surface area (Å²) in [6.45, 7) is 9.02. The predicted octanol–water partition coefficient (Wildman–Crippen LogP) is 6.76. The highest BCUT2D eigenvalue weighted by Gasteiger charge is 2.27. The molecule has 1 aliphatic rings. The molecule has 0 bridgehead atoms. The van der Waals surface area contributed by atoms with Gasteiger partial charge in [0.2, 0.25) is 11.2 Å². The lowest BCUT2D eigenvalue weighted by molar-refractivity contribution is -0.633. The first-order valence-electron chi connectivity index (χ1n) is 11.9. The maximum Gasteiger partial charge on any atom is 0.215 e.